The van der Waals surface area contributed by atoms with Crippen LogP contribution in [0.2, 0.25) is 0 Å². The molecule has 0 aromatic heterocycles. The van der Waals surface area contributed by atoms with E-state index in [-0.39, 0.29) is 11.0 Å². The molecule has 1 atom stereocenters. The molecule has 0 amide bonds. The second-order valence-corrected chi connectivity index (χ2v) is 3.83. The maximum Gasteiger partial charge on any atom is 0.142 e. The first-order chi connectivity index (χ1) is 5.18. The standard InChI is InChI=1S/C8H13NOS/c1-7(10)8(2)11-6-4-3-5-9/h8H,3-4,6H2,1-2H3. The molecular formula is C8H13NOS. The molecule has 0 heterocycles. The minimum absolute atomic E-state index is 0.0914. The van der Waals surface area contributed by atoms with Crippen LogP contribution in [0.25, 0.3) is 0 Å². The van der Waals surface area contributed by atoms with Crippen molar-refractivity contribution in [1.82, 2.24) is 0 Å². The molecule has 0 aromatic rings. The van der Waals surface area contributed by atoms with E-state index in [2.05, 4.69) is 6.07 Å². The summed E-state index contributed by atoms with van der Waals surface area (Å²) in [4.78, 5) is 10.7. The molecule has 0 aliphatic carbocycles. The lowest BCUT2D eigenvalue weighted by Gasteiger charge is -2.04. The van der Waals surface area contributed by atoms with Gasteiger partial charge in [-0.25, -0.2) is 0 Å². The van der Waals surface area contributed by atoms with E-state index in [1.54, 1.807) is 18.7 Å². The SMILES string of the molecule is CC(=O)C(C)SCCCC#N. The Hall–Kier alpha value is -0.490. The number of carbonyl (C=O) groups excluding carboxylic acids is 1. The molecule has 0 bridgehead atoms. The van der Waals surface area contributed by atoms with Gasteiger partial charge in [0.25, 0.3) is 0 Å². The molecule has 0 radical (unpaired) electrons. The highest BCUT2D eigenvalue weighted by Gasteiger charge is 2.06. The van der Waals surface area contributed by atoms with Crippen molar-refractivity contribution < 1.29 is 4.79 Å². The van der Waals surface area contributed by atoms with Gasteiger partial charge in [-0.3, -0.25) is 4.79 Å². The highest BCUT2D eigenvalue weighted by molar-refractivity contribution is 8.00. The number of unbranched alkanes of at least 4 members (excludes halogenated alkanes) is 1. The molecule has 0 saturated heterocycles. The van der Waals surface area contributed by atoms with E-state index in [0.29, 0.717) is 6.42 Å². The molecule has 0 saturated carbocycles. The topological polar surface area (TPSA) is 40.9 Å². The number of Topliss-reactive ketones (excluding diaryl/α,β-unsaturated/α-hetero) is 1. The van der Waals surface area contributed by atoms with Crippen molar-refractivity contribution in [1.29, 1.82) is 5.26 Å². The Bertz CT molecular complexity index is 162. The fourth-order valence-corrected chi connectivity index (χ4v) is 1.43. The monoisotopic (exact) mass is 171 g/mol. The number of ketones is 1. The molecule has 0 rings (SSSR count). The van der Waals surface area contributed by atoms with Crippen LogP contribution in [0.1, 0.15) is 26.7 Å². The number of rotatable bonds is 5. The Balaban J connectivity index is 3.26. The van der Waals surface area contributed by atoms with Crippen LogP contribution >= 0.6 is 11.8 Å². The molecule has 62 valence electrons. The largest absolute Gasteiger partial charge is 0.299 e. The molecule has 3 heteroatoms. The Morgan fingerprint density at radius 2 is 2.36 bits per heavy atom. The molecule has 0 N–H and O–H groups in total. The number of carbonyl (C=O) groups is 1. The van der Waals surface area contributed by atoms with Gasteiger partial charge in [0.15, 0.2) is 0 Å². The first-order valence-corrected chi connectivity index (χ1v) is 4.72. The molecule has 0 spiro atoms. The molecule has 0 aliphatic rings. The van der Waals surface area contributed by atoms with E-state index in [9.17, 15) is 4.79 Å². The fourth-order valence-electron chi connectivity index (χ4n) is 0.529. The Labute approximate surface area is 72.0 Å². The third-order valence-corrected chi connectivity index (χ3v) is 2.73. The summed E-state index contributed by atoms with van der Waals surface area (Å²) in [6.45, 7) is 3.50. The molecule has 0 aromatic carbocycles. The molecule has 11 heavy (non-hydrogen) atoms. The first kappa shape index (κ1) is 10.5. The van der Waals surface area contributed by atoms with E-state index in [4.69, 9.17) is 5.26 Å². The second kappa shape index (κ2) is 6.23. The summed E-state index contributed by atoms with van der Waals surface area (Å²) in [5.41, 5.74) is 0. The first-order valence-electron chi connectivity index (χ1n) is 3.67. The lowest BCUT2D eigenvalue weighted by molar-refractivity contribution is -0.116. The summed E-state index contributed by atoms with van der Waals surface area (Å²) in [6, 6.07) is 2.07. The zero-order chi connectivity index (χ0) is 8.69. The van der Waals surface area contributed by atoms with E-state index in [0.717, 1.165) is 12.2 Å². The Kier molecular flexibility index (Phi) is 5.96. The van der Waals surface area contributed by atoms with Crippen LogP contribution in [-0.2, 0) is 4.79 Å². The zero-order valence-electron chi connectivity index (χ0n) is 6.96. The van der Waals surface area contributed by atoms with Gasteiger partial charge in [0.05, 0.1) is 11.3 Å². The van der Waals surface area contributed by atoms with Crippen molar-refractivity contribution in [3.8, 4) is 6.07 Å². The normalized spacial score (nSPS) is 12.1. The maximum atomic E-state index is 10.7. The van der Waals surface area contributed by atoms with Gasteiger partial charge in [-0.15, -0.1) is 0 Å². The fraction of sp³-hybridized carbons (Fsp3) is 0.750. The van der Waals surface area contributed by atoms with Crippen LogP contribution in [0.3, 0.4) is 0 Å². The van der Waals surface area contributed by atoms with Gasteiger partial charge >= 0.3 is 0 Å². The molecule has 2 nitrogen and oxygen atoms in total. The van der Waals surface area contributed by atoms with Crippen LogP contribution in [0.15, 0.2) is 0 Å². The van der Waals surface area contributed by atoms with E-state index < -0.39 is 0 Å². The highest BCUT2D eigenvalue weighted by atomic mass is 32.2. The Morgan fingerprint density at radius 3 is 2.82 bits per heavy atom. The van der Waals surface area contributed by atoms with Gasteiger partial charge in [0.2, 0.25) is 0 Å². The summed E-state index contributed by atoms with van der Waals surface area (Å²) >= 11 is 1.62. The average Bonchev–Trinajstić information content (AvgIpc) is 1.97. The van der Waals surface area contributed by atoms with E-state index in [1.165, 1.54) is 0 Å². The lowest BCUT2D eigenvalue weighted by atomic mass is 10.3. The average molecular weight is 171 g/mol. The molecule has 0 fully saturated rings. The summed E-state index contributed by atoms with van der Waals surface area (Å²) in [6.07, 6.45) is 1.48. The van der Waals surface area contributed by atoms with Gasteiger partial charge in [-0.05, 0) is 26.0 Å². The second-order valence-electron chi connectivity index (χ2n) is 2.39. The van der Waals surface area contributed by atoms with E-state index in [1.807, 2.05) is 6.92 Å². The number of hydrogen-bond donors (Lipinski definition) is 0. The van der Waals surface area contributed by atoms with Crippen LogP contribution in [0, 0.1) is 11.3 Å². The predicted molar refractivity (Wildman–Crippen MR) is 47.4 cm³/mol. The van der Waals surface area contributed by atoms with Crippen molar-refractivity contribution >= 4 is 17.5 Å². The molecule has 1 unspecified atom stereocenters. The highest BCUT2D eigenvalue weighted by Crippen LogP contribution is 2.12. The summed E-state index contributed by atoms with van der Waals surface area (Å²) < 4.78 is 0. The Morgan fingerprint density at radius 1 is 1.73 bits per heavy atom. The minimum Gasteiger partial charge on any atom is -0.299 e. The number of thioether (sulfide) groups is 1. The molecule has 0 aliphatic heterocycles. The van der Waals surface area contributed by atoms with Crippen molar-refractivity contribution in [3.05, 3.63) is 0 Å². The zero-order valence-corrected chi connectivity index (χ0v) is 7.78. The summed E-state index contributed by atoms with van der Waals surface area (Å²) in [7, 11) is 0. The number of nitrogens with zero attached hydrogens (tertiary/aromatic N) is 1. The van der Waals surface area contributed by atoms with Crippen molar-refractivity contribution in [2.45, 2.75) is 31.9 Å². The number of nitriles is 1. The minimum atomic E-state index is 0.0914. The van der Waals surface area contributed by atoms with Gasteiger partial charge in [-0.2, -0.15) is 17.0 Å². The summed E-state index contributed by atoms with van der Waals surface area (Å²) in [5.74, 6) is 1.13. The lowest BCUT2D eigenvalue weighted by Crippen LogP contribution is -2.08. The van der Waals surface area contributed by atoms with Crippen LogP contribution < -0.4 is 0 Å². The maximum absolute atomic E-state index is 10.7. The van der Waals surface area contributed by atoms with Crippen molar-refractivity contribution in [2.24, 2.45) is 0 Å². The molecular weight excluding hydrogens is 158 g/mol. The quantitative estimate of drug-likeness (QED) is 0.594. The third kappa shape index (κ3) is 5.93. The predicted octanol–water partition coefficient (Wildman–Crippen LogP) is 2.00. The smallest absolute Gasteiger partial charge is 0.142 e. The van der Waals surface area contributed by atoms with Gasteiger partial charge in [0.1, 0.15) is 5.78 Å². The third-order valence-electron chi connectivity index (χ3n) is 1.37. The summed E-state index contributed by atoms with van der Waals surface area (Å²) in [5, 5.41) is 8.31. The van der Waals surface area contributed by atoms with Gasteiger partial charge in [0, 0.05) is 6.42 Å². The van der Waals surface area contributed by atoms with Crippen LogP contribution in [-0.4, -0.2) is 16.8 Å². The van der Waals surface area contributed by atoms with Crippen LogP contribution in [0.4, 0.5) is 0 Å². The van der Waals surface area contributed by atoms with Crippen molar-refractivity contribution in [2.75, 3.05) is 5.75 Å². The van der Waals surface area contributed by atoms with Gasteiger partial charge < -0.3 is 0 Å². The van der Waals surface area contributed by atoms with Crippen molar-refractivity contribution in [3.63, 3.8) is 0 Å². The van der Waals surface area contributed by atoms with E-state index >= 15 is 0 Å². The van der Waals surface area contributed by atoms with Crippen LogP contribution in [0.5, 0.6) is 0 Å². The number of hydrogen-bond acceptors (Lipinski definition) is 3. The van der Waals surface area contributed by atoms with Gasteiger partial charge in [-0.1, -0.05) is 0 Å².